The largest absolute Gasteiger partial charge is 0.481 e. The first kappa shape index (κ1) is 13.1. The number of likely N-dealkylation sites (tertiary alicyclic amines) is 1. The fourth-order valence-electron chi connectivity index (χ4n) is 2.39. The van der Waals surface area contributed by atoms with E-state index in [-0.39, 0.29) is 18.2 Å². The van der Waals surface area contributed by atoms with E-state index >= 15 is 0 Å². The van der Waals surface area contributed by atoms with E-state index < -0.39 is 11.9 Å². The van der Waals surface area contributed by atoms with Gasteiger partial charge in [0.1, 0.15) is 0 Å². The first-order chi connectivity index (χ1) is 8.52. The normalized spacial score (nSPS) is 29.0. The van der Waals surface area contributed by atoms with Crippen molar-refractivity contribution < 1.29 is 19.4 Å². The van der Waals surface area contributed by atoms with E-state index in [1.807, 2.05) is 18.7 Å². The Labute approximate surface area is 106 Å². The highest BCUT2D eigenvalue weighted by Crippen LogP contribution is 2.22. The monoisotopic (exact) mass is 256 g/mol. The molecule has 2 atom stereocenters. The molecule has 0 aliphatic carbocycles. The Balaban J connectivity index is 1.93. The van der Waals surface area contributed by atoms with Crippen molar-refractivity contribution in [1.29, 1.82) is 0 Å². The summed E-state index contributed by atoms with van der Waals surface area (Å²) >= 11 is 0. The Morgan fingerprint density at radius 1 is 1.33 bits per heavy atom. The minimum atomic E-state index is -0.818. The third-order valence-corrected chi connectivity index (χ3v) is 3.69. The highest BCUT2D eigenvalue weighted by Gasteiger charge is 2.40. The van der Waals surface area contributed by atoms with Gasteiger partial charge in [0.2, 0.25) is 0 Å². The summed E-state index contributed by atoms with van der Waals surface area (Å²) in [7, 11) is 0. The Morgan fingerprint density at radius 2 is 2.00 bits per heavy atom. The topological polar surface area (TPSA) is 70.1 Å². The van der Waals surface area contributed by atoms with Crippen LogP contribution in [0.1, 0.15) is 20.3 Å². The predicted octanol–water partition coefficient (Wildman–Crippen LogP) is 0.622. The van der Waals surface area contributed by atoms with Gasteiger partial charge in [-0.15, -0.1) is 0 Å². The van der Waals surface area contributed by atoms with Gasteiger partial charge in [0.05, 0.1) is 24.7 Å². The van der Waals surface area contributed by atoms with Gasteiger partial charge in [-0.05, 0) is 13.3 Å². The van der Waals surface area contributed by atoms with Crippen molar-refractivity contribution >= 4 is 12.0 Å². The van der Waals surface area contributed by atoms with Crippen LogP contribution in [-0.2, 0) is 9.53 Å². The van der Waals surface area contributed by atoms with Gasteiger partial charge in [0.15, 0.2) is 0 Å². The van der Waals surface area contributed by atoms with Crippen LogP contribution >= 0.6 is 0 Å². The molecule has 18 heavy (non-hydrogen) atoms. The van der Waals surface area contributed by atoms with Crippen LogP contribution in [0.25, 0.3) is 0 Å². The van der Waals surface area contributed by atoms with Crippen molar-refractivity contribution in [2.45, 2.75) is 32.4 Å². The van der Waals surface area contributed by atoms with E-state index in [2.05, 4.69) is 0 Å². The van der Waals surface area contributed by atoms with Gasteiger partial charge in [-0.2, -0.15) is 0 Å². The summed E-state index contributed by atoms with van der Waals surface area (Å²) < 4.78 is 5.55. The fourth-order valence-corrected chi connectivity index (χ4v) is 2.39. The number of aliphatic carboxylic acids is 1. The van der Waals surface area contributed by atoms with Crippen molar-refractivity contribution in [1.82, 2.24) is 9.80 Å². The molecular weight excluding hydrogens is 236 g/mol. The third-order valence-electron chi connectivity index (χ3n) is 3.69. The second-order valence-electron chi connectivity index (χ2n) is 5.08. The summed E-state index contributed by atoms with van der Waals surface area (Å²) in [5, 5.41) is 8.81. The molecule has 0 radical (unpaired) electrons. The molecule has 2 unspecified atom stereocenters. The lowest BCUT2D eigenvalue weighted by atomic mass is 10.0. The van der Waals surface area contributed by atoms with Gasteiger partial charge >= 0.3 is 12.0 Å². The summed E-state index contributed by atoms with van der Waals surface area (Å²) in [5.74, 6) is -1.21. The molecule has 0 bridgehead atoms. The molecule has 0 saturated carbocycles. The lowest BCUT2D eigenvalue weighted by molar-refractivity contribution is -0.146. The molecule has 0 aromatic carbocycles. The van der Waals surface area contributed by atoms with Gasteiger partial charge in [-0.25, -0.2) is 4.79 Å². The van der Waals surface area contributed by atoms with Gasteiger partial charge < -0.3 is 19.6 Å². The van der Waals surface area contributed by atoms with Crippen LogP contribution in [0.3, 0.4) is 0 Å². The Morgan fingerprint density at radius 3 is 2.56 bits per heavy atom. The molecule has 2 amide bonds. The van der Waals surface area contributed by atoms with E-state index in [4.69, 9.17) is 9.84 Å². The number of carbonyl (C=O) groups is 2. The summed E-state index contributed by atoms with van der Waals surface area (Å²) in [4.78, 5) is 26.4. The van der Waals surface area contributed by atoms with Crippen molar-refractivity contribution in [2.75, 3.05) is 26.2 Å². The number of carboxylic acids is 1. The molecule has 2 rings (SSSR count). The fraction of sp³-hybridized carbons (Fsp3) is 0.833. The lowest BCUT2D eigenvalue weighted by Gasteiger charge is -2.45. The number of amides is 2. The van der Waals surface area contributed by atoms with E-state index in [9.17, 15) is 9.59 Å². The molecule has 2 fully saturated rings. The minimum absolute atomic E-state index is 0.0468. The number of nitrogens with zero attached hydrogens (tertiary/aromatic N) is 2. The molecule has 6 heteroatoms. The molecule has 2 aliphatic heterocycles. The number of hydrogen-bond donors (Lipinski definition) is 1. The summed E-state index contributed by atoms with van der Waals surface area (Å²) in [6, 6.07) is 0.0621. The van der Waals surface area contributed by atoms with Crippen LogP contribution in [-0.4, -0.2) is 65.3 Å². The predicted molar refractivity (Wildman–Crippen MR) is 64.3 cm³/mol. The van der Waals surface area contributed by atoms with E-state index in [1.165, 1.54) is 0 Å². The highest BCUT2D eigenvalue weighted by atomic mass is 16.5. The molecular formula is C12H20N2O4. The first-order valence-electron chi connectivity index (χ1n) is 6.42. The summed E-state index contributed by atoms with van der Waals surface area (Å²) in [6.07, 6.45) is 0.905. The number of ether oxygens (including phenoxy) is 1. The van der Waals surface area contributed by atoms with Crippen LogP contribution in [0.5, 0.6) is 0 Å². The summed E-state index contributed by atoms with van der Waals surface area (Å²) in [5.41, 5.74) is 0. The quantitative estimate of drug-likeness (QED) is 0.786. The van der Waals surface area contributed by atoms with Gasteiger partial charge in [-0.3, -0.25) is 4.79 Å². The molecule has 102 valence electrons. The van der Waals surface area contributed by atoms with Gasteiger partial charge in [-0.1, -0.05) is 6.92 Å². The van der Waals surface area contributed by atoms with E-state index in [0.29, 0.717) is 26.2 Å². The van der Waals surface area contributed by atoms with E-state index in [1.54, 1.807) is 4.90 Å². The Bertz CT molecular complexity index is 341. The minimum Gasteiger partial charge on any atom is -0.481 e. The maximum Gasteiger partial charge on any atom is 0.320 e. The maximum absolute atomic E-state index is 12.3. The Hall–Kier alpha value is -1.30. The van der Waals surface area contributed by atoms with Crippen LogP contribution in [0.4, 0.5) is 4.79 Å². The molecule has 2 heterocycles. The molecule has 2 aliphatic rings. The molecule has 0 aromatic rings. The van der Waals surface area contributed by atoms with Crippen molar-refractivity contribution in [3.05, 3.63) is 0 Å². The zero-order valence-electron chi connectivity index (χ0n) is 10.8. The molecule has 2 saturated heterocycles. The molecule has 0 spiro atoms. The number of hydrogen-bond acceptors (Lipinski definition) is 3. The van der Waals surface area contributed by atoms with Gasteiger partial charge in [0.25, 0.3) is 0 Å². The van der Waals surface area contributed by atoms with Crippen LogP contribution < -0.4 is 0 Å². The maximum atomic E-state index is 12.3. The average molecular weight is 256 g/mol. The van der Waals surface area contributed by atoms with Crippen LogP contribution in [0, 0.1) is 5.92 Å². The van der Waals surface area contributed by atoms with Crippen molar-refractivity contribution in [3.63, 3.8) is 0 Å². The lowest BCUT2D eigenvalue weighted by Crippen LogP contribution is -2.61. The molecule has 1 N–H and O–H groups in total. The highest BCUT2D eigenvalue weighted by molar-refractivity contribution is 5.80. The number of rotatable bonds is 2. The van der Waals surface area contributed by atoms with Crippen molar-refractivity contribution in [3.8, 4) is 0 Å². The SMILES string of the molecule is CCC1COC(C)CN1C(=O)N1CC(C(=O)O)C1. The number of carbonyl (C=O) groups excluding carboxylic acids is 1. The zero-order valence-corrected chi connectivity index (χ0v) is 10.8. The van der Waals surface area contributed by atoms with Crippen molar-refractivity contribution in [2.24, 2.45) is 5.92 Å². The average Bonchev–Trinajstić information content (AvgIpc) is 2.26. The first-order valence-corrected chi connectivity index (χ1v) is 6.42. The second-order valence-corrected chi connectivity index (χ2v) is 5.08. The van der Waals surface area contributed by atoms with Crippen LogP contribution in [0.15, 0.2) is 0 Å². The number of urea groups is 1. The van der Waals surface area contributed by atoms with E-state index in [0.717, 1.165) is 6.42 Å². The standard InChI is InChI=1S/C12H20N2O4/c1-3-10-7-18-8(2)4-14(10)12(17)13-5-9(6-13)11(15)16/h8-10H,3-7H2,1-2H3,(H,15,16). The smallest absolute Gasteiger partial charge is 0.320 e. The Kier molecular flexibility index (Phi) is 3.75. The third kappa shape index (κ3) is 2.43. The number of carboxylic acid groups (broad SMARTS) is 1. The number of morpholine rings is 1. The summed E-state index contributed by atoms with van der Waals surface area (Å²) in [6.45, 7) is 5.79. The molecule has 6 nitrogen and oxygen atoms in total. The molecule has 0 aromatic heterocycles. The van der Waals surface area contributed by atoms with Gasteiger partial charge in [0, 0.05) is 19.6 Å². The van der Waals surface area contributed by atoms with Crippen LogP contribution in [0.2, 0.25) is 0 Å². The second kappa shape index (κ2) is 5.14. The zero-order chi connectivity index (χ0) is 13.3.